The quantitative estimate of drug-likeness (QED) is 0.135. The monoisotopic (exact) mass is 758 g/mol. The molecule has 0 aliphatic heterocycles. The van der Waals surface area contributed by atoms with Crippen molar-refractivity contribution in [1.29, 1.82) is 0 Å². The maximum Gasteiger partial charge on any atom is 0.101 e. The molecule has 2 heterocycles. The first-order valence-corrected chi connectivity index (χ1v) is 19.4. The molecular formula is C53H62N2S. The SMILES string of the molecule is C.C.C.C.CCC(CC(C)c1ccc(-c2ccc(-n3c4ccccc4c4ccccc43)s2)c(C)c1)c1ccc(N(c2ccc(C)cc2)c2ccc(C)cc2)cc1. The van der Waals surface area contributed by atoms with E-state index < -0.39 is 0 Å². The molecule has 3 heteroatoms. The zero-order valence-corrected chi connectivity index (χ0v) is 31.6. The Labute approximate surface area is 342 Å². The van der Waals surface area contributed by atoms with Crippen LogP contribution in [0.2, 0.25) is 0 Å². The first-order chi connectivity index (χ1) is 25.4. The third-order valence-corrected chi connectivity index (χ3v) is 11.9. The number of nitrogens with zero attached hydrogens (tertiary/aromatic N) is 2. The van der Waals surface area contributed by atoms with E-state index in [1.807, 2.05) is 11.3 Å². The van der Waals surface area contributed by atoms with Crippen LogP contribution in [-0.4, -0.2) is 4.57 Å². The third kappa shape index (κ3) is 8.39. The van der Waals surface area contributed by atoms with Crippen LogP contribution < -0.4 is 4.90 Å². The van der Waals surface area contributed by atoms with Crippen LogP contribution in [0.25, 0.3) is 37.2 Å². The second-order valence-corrected chi connectivity index (χ2v) is 15.5. The van der Waals surface area contributed by atoms with Crippen molar-refractivity contribution >= 4 is 50.2 Å². The molecule has 0 saturated carbocycles. The molecule has 8 aromatic rings. The summed E-state index contributed by atoms with van der Waals surface area (Å²) in [5, 5.41) is 3.85. The molecule has 2 nitrogen and oxygen atoms in total. The molecule has 0 radical (unpaired) electrons. The molecule has 0 fully saturated rings. The summed E-state index contributed by atoms with van der Waals surface area (Å²) in [5.41, 5.74) is 14.1. The number of anilines is 3. The predicted octanol–water partition coefficient (Wildman–Crippen LogP) is 17.1. The molecule has 0 bridgehead atoms. The van der Waals surface area contributed by atoms with E-state index in [1.54, 1.807) is 0 Å². The second-order valence-electron chi connectivity index (χ2n) is 14.4. The fourth-order valence-corrected chi connectivity index (χ4v) is 8.98. The van der Waals surface area contributed by atoms with Gasteiger partial charge in [-0.15, -0.1) is 11.3 Å². The van der Waals surface area contributed by atoms with Crippen molar-refractivity contribution in [1.82, 2.24) is 4.57 Å². The van der Waals surface area contributed by atoms with Crippen molar-refractivity contribution in [2.45, 2.75) is 89.0 Å². The molecule has 0 aliphatic rings. The lowest BCUT2D eigenvalue weighted by molar-refractivity contribution is 0.544. The summed E-state index contributed by atoms with van der Waals surface area (Å²) < 4.78 is 2.42. The maximum absolute atomic E-state index is 2.43. The van der Waals surface area contributed by atoms with Gasteiger partial charge in [0.2, 0.25) is 0 Å². The van der Waals surface area contributed by atoms with Gasteiger partial charge in [-0.05, 0) is 128 Å². The van der Waals surface area contributed by atoms with Crippen LogP contribution in [0.4, 0.5) is 17.1 Å². The Bertz CT molecular complexity index is 2370. The average molecular weight is 759 g/mol. The summed E-state index contributed by atoms with van der Waals surface area (Å²) in [6.07, 6.45) is 2.23. The average Bonchev–Trinajstić information content (AvgIpc) is 3.78. The van der Waals surface area contributed by atoms with Gasteiger partial charge >= 0.3 is 0 Å². The van der Waals surface area contributed by atoms with Gasteiger partial charge in [-0.25, -0.2) is 0 Å². The van der Waals surface area contributed by atoms with Gasteiger partial charge in [0.25, 0.3) is 0 Å². The summed E-state index contributed by atoms with van der Waals surface area (Å²) >= 11 is 1.87. The standard InChI is InChI=1S/C49H46N2S.4CH4/c1-6-37(38-19-26-42(27-20-38)50(40-22-15-33(2)16-23-40)41-24-17-34(3)18-25-41)31-35(4)39-21-28-43(36(5)32-39)48-29-30-49(52-48)51-46-13-9-7-11-44(46)45-12-8-10-14-47(45)51;;;;/h7-30,32,35,37H,6,31H2,1-5H3;4*1H4. The van der Waals surface area contributed by atoms with Gasteiger partial charge in [-0.2, -0.15) is 0 Å². The first-order valence-electron chi connectivity index (χ1n) is 18.6. The smallest absolute Gasteiger partial charge is 0.101 e. The van der Waals surface area contributed by atoms with Crippen LogP contribution in [-0.2, 0) is 0 Å². The normalized spacial score (nSPS) is 11.8. The molecule has 0 amide bonds. The zero-order valence-electron chi connectivity index (χ0n) is 30.8. The van der Waals surface area contributed by atoms with Crippen molar-refractivity contribution in [3.8, 4) is 15.4 Å². The fraction of sp³-hybridized carbons (Fsp3) is 0.245. The molecule has 2 atom stereocenters. The molecule has 0 spiro atoms. The first kappa shape index (κ1) is 43.3. The van der Waals surface area contributed by atoms with Crippen LogP contribution in [0.1, 0.15) is 96.0 Å². The molecule has 290 valence electrons. The fourth-order valence-electron chi connectivity index (χ4n) is 7.85. The Kier molecular flexibility index (Phi) is 14.3. The van der Waals surface area contributed by atoms with E-state index in [2.05, 4.69) is 196 Å². The number of rotatable bonds is 10. The van der Waals surface area contributed by atoms with Gasteiger partial charge in [0, 0.05) is 32.7 Å². The molecule has 0 aliphatic carbocycles. The molecule has 0 N–H and O–H groups in total. The summed E-state index contributed by atoms with van der Waals surface area (Å²) in [5.74, 6) is 0.938. The summed E-state index contributed by atoms with van der Waals surface area (Å²) in [4.78, 5) is 3.67. The second kappa shape index (κ2) is 18.5. The Morgan fingerprint density at radius 2 is 1.04 bits per heavy atom. The number of fused-ring (bicyclic) bond motifs is 3. The largest absolute Gasteiger partial charge is 0.311 e. The van der Waals surface area contributed by atoms with Crippen LogP contribution in [0, 0.1) is 20.8 Å². The van der Waals surface area contributed by atoms with Crippen LogP contribution in [0.3, 0.4) is 0 Å². The van der Waals surface area contributed by atoms with Crippen LogP contribution in [0.5, 0.6) is 0 Å². The van der Waals surface area contributed by atoms with Crippen molar-refractivity contribution in [3.05, 3.63) is 179 Å². The topological polar surface area (TPSA) is 8.17 Å². The highest BCUT2D eigenvalue weighted by Crippen LogP contribution is 2.41. The van der Waals surface area contributed by atoms with E-state index in [1.165, 1.54) is 82.1 Å². The lowest BCUT2D eigenvalue weighted by atomic mass is 9.84. The highest BCUT2D eigenvalue weighted by Gasteiger charge is 2.19. The molecular weight excluding hydrogens is 697 g/mol. The molecule has 8 rings (SSSR count). The highest BCUT2D eigenvalue weighted by molar-refractivity contribution is 7.18. The number of aromatic nitrogens is 1. The van der Waals surface area contributed by atoms with Gasteiger partial charge in [0.15, 0.2) is 0 Å². The van der Waals surface area contributed by atoms with Crippen LogP contribution in [0.15, 0.2) is 152 Å². The van der Waals surface area contributed by atoms with Crippen molar-refractivity contribution < 1.29 is 0 Å². The number of aryl methyl sites for hydroxylation is 3. The van der Waals surface area contributed by atoms with Gasteiger partial charge in [0.1, 0.15) is 5.00 Å². The summed E-state index contributed by atoms with van der Waals surface area (Å²) in [6, 6.07) is 56.2. The van der Waals surface area contributed by atoms with Crippen LogP contribution >= 0.6 is 11.3 Å². The minimum absolute atomic E-state index is 0. The van der Waals surface area contributed by atoms with Gasteiger partial charge < -0.3 is 9.47 Å². The number of hydrogen-bond acceptors (Lipinski definition) is 2. The molecule has 6 aromatic carbocycles. The third-order valence-electron chi connectivity index (χ3n) is 10.8. The predicted molar refractivity (Wildman–Crippen MR) is 252 cm³/mol. The Morgan fingerprint density at radius 3 is 1.54 bits per heavy atom. The molecule has 2 aromatic heterocycles. The van der Waals surface area contributed by atoms with Gasteiger partial charge in [-0.1, -0.05) is 146 Å². The summed E-state index contributed by atoms with van der Waals surface area (Å²) in [6.45, 7) is 11.3. The maximum atomic E-state index is 2.43. The van der Waals surface area contributed by atoms with E-state index in [0.717, 1.165) is 12.8 Å². The van der Waals surface area contributed by atoms with E-state index in [9.17, 15) is 0 Å². The minimum Gasteiger partial charge on any atom is -0.311 e. The van der Waals surface area contributed by atoms with E-state index in [-0.39, 0.29) is 29.7 Å². The Hall–Kier alpha value is -5.38. The minimum atomic E-state index is 0. The van der Waals surface area contributed by atoms with Gasteiger partial charge in [0.05, 0.1) is 11.0 Å². The summed E-state index contributed by atoms with van der Waals surface area (Å²) in [7, 11) is 0. The molecule has 2 unspecified atom stereocenters. The highest BCUT2D eigenvalue weighted by atomic mass is 32.1. The Morgan fingerprint density at radius 1 is 0.554 bits per heavy atom. The number of hydrogen-bond donors (Lipinski definition) is 0. The van der Waals surface area contributed by atoms with E-state index in [4.69, 9.17) is 0 Å². The molecule has 0 saturated heterocycles. The lowest BCUT2D eigenvalue weighted by Crippen LogP contribution is -2.10. The van der Waals surface area contributed by atoms with Crippen molar-refractivity contribution in [2.24, 2.45) is 0 Å². The van der Waals surface area contributed by atoms with E-state index >= 15 is 0 Å². The Balaban J connectivity index is 0.00000174. The van der Waals surface area contributed by atoms with Crippen molar-refractivity contribution in [3.63, 3.8) is 0 Å². The number of para-hydroxylation sites is 2. The van der Waals surface area contributed by atoms with Gasteiger partial charge in [-0.3, -0.25) is 0 Å². The lowest BCUT2D eigenvalue weighted by Gasteiger charge is -2.27. The van der Waals surface area contributed by atoms with E-state index in [0.29, 0.717) is 11.8 Å². The zero-order chi connectivity index (χ0) is 35.8. The molecule has 56 heavy (non-hydrogen) atoms. The number of benzene rings is 6. The van der Waals surface area contributed by atoms with Crippen molar-refractivity contribution in [2.75, 3.05) is 4.90 Å². The number of thiophene rings is 1.